The van der Waals surface area contributed by atoms with Crippen molar-refractivity contribution in [2.24, 2.45) is 0 Å². The summed E-state index contributed by atoms with van der Waals surface area (Å²) in [7, 11) is 0. The number of aromatic nitrogens is 2. The molecule has 0 fully saturated rings. The van der Waals surface area contributed by atoms with Crippen molar-refractivity contribution >= 4 is 11.4 Å². The maximum atomic E-state index is 11.0. The normalized spacial score (nSPS) is 10.7. The standard InChI is InChI=1S/C22H16N4O4/c1-14-2-4-17(5-3-14)22-23-20(15-6-10-18(11-7-15)25(27)28)21(24-22)16-8-12-19(13-9-16)26(29)30/h2-13H,1H3,(H,23,24). The van der Waals surface area contributed by atoms with Crippen molar-refractivity contribution in [1.82, 2.24) is 9.97 Å². The zero-order valence-electron chi connectivity index (χ0n) is 15.9. The van der Waals surface area contributed by atoms with Gasteiger partial charge in [0.15, 0.2) is 0 Å². The van der Waals surface area contributed by atoms with Gasteiger partial charge in [0.05, 0.1) is 21.2 Å². The summed E-state index contributed by atoms with van der Waals surface area (Å²) in [6.07, 6.45) is 0. The second kappa shape index (κ2) is 7.59. The SMILES string of the molecule is Cc1ccc(-c2nc(-c3ccc([N+](=O)[O-])cc3)c(-c3ccc([N+](=O)[O-])cc3)[nH]2)cc1. The predicted molar refractivity (Wildman–Crippen MR) is 113 cm³/mol. The number of benzene rings is 3. The Morgan fingerprint density at radius 1 is 0.700 bits per heavy atom. The lowest BCUT2D eigenvalue weighted by Crippen LogP contribution is -1.89. The Morgan fingerprint density at radius 2 is 1.17 bits per heavy atom. The molecule has 30 heavy (non-hydrogen) atoms. The van der Waals surface area contributed by atoms with E-state index in [1.165, 1.54) is 24.3 Å². The van der Waals surface area contributed by atoms with Crippen molar-refractivity contribution in [2.45, 2.75) is 6.92 Å². The van der Waals surface area contributed by atoms with Gasteiger partial charge in [-0.3, -0.25) is 20.2 Å². The molecular formula is C22H16N4O4. The van der Waals surface area contributed by atoms with Crippen molar-refractivity contribution in [2.75, 3.05) is 0 Å². The maximum Gasteiger partial charge on any atom is 0.269 e. The fraction of sp³-hybridized carbons (Fsp3) is 0.0455. The molecule has 8 heteroatoms. The van der Waals surface area contributed by atoms with Crippen molar-refractivity contribution in [3.05, 3.63) is 98.6 Å². The van der Waals surface area contributed by atoms with E-state index in [1.807, 2.05) is 31.2 Å². The number of rotatable bonds is 5. The molecule has 0 spiro atoms. The molecule has 8 nitrogen and oxygen atoms in total. The number of hydrogen-bond acceptors (Lipinski definition) is 5. The van der Waals surface area contributed by atoms with Gasteiger partial charge in [-0.05, 0) is 31.2 Å². The molecule has 1 aromatic heterocycles. The lowest BCUT2D eigenvalue weighted by Gasteiger charge is -2.03. The summed E-state index contributed by atoms with van der Waals surface area (Å²) in [5.74, 6) is 0.636. The molecule has 3 aromatic carbocycles. The van der Waals surface area contributed by atoms with Crippen LogP contribution in [0.1, 0.15) is 5.56 Å². The lowest BCUT2D eigenvalue weighted by molar-refractivity contribution is -0.385. The van der Waals surface area contributed by atoms with Crippen LogP contribution >= 0.6 is 0 Å². The van der Waals surface area contributed by atoms with Gasteiger partial charge >= 0.3 is 0 Å². The summed E-state index contributed by atoms with van der Waals surface area (Å²) in [4.78, 5) is 29.1. The molecule has 0 saturated carbocycles. The molecule has 0 unspecified atom stereocenters. The molecule has 0 saturated heterocycles. The van der Waals surface area contributed by atoms with Crippen LogP contribution in [0.3, 0.4) is 0 Å². The van der Waals surface area contributed by atoms with E-state index in [0.29, 0.717) is 22.8 Å². The number of aromatic amines is 1. The quantitative estimate of drug-likeness (QED) is 0.349. The second-order valence-electron chi connectivity index (χ2n) is 6.78. The largest absolute Gasteiger partial charge is 0.337 e. The van der Waals surface area contributed by atoms with Crippen molar-refractivity contribution in [3.63, 3.8) is 0 Å². The van der Waals surface area contributed by atoms with E-state index in [4.69, 9.17) is 4.98 Å². The van der Waals surface area contributed by atoms with E-state index < -0.39 is 9.85 Å². The zero-order chi connectivity index (χ0) is 21.3. The molecule has 1 N–H and O–H groups in total. The van der Waals surface area contributed by atoms with Crippen molar-refractivity contribution in [3.8, 4) is 33.9 Å². The maximum absolute atomic E-state index is 11.0. The Kier molecular flexibility index (Phi) is 4.81. The highest BCUT2D eigenvalue weighted by Gasteiger charge is 2.17. The highest BCUT2D eigenvalue weighted by atomic mass is 16.6. The Labute approximate surface area is 171 Å². The topological polar surface area (TPSA) is 115 Å². The molecule has 4 rings (SSSR count). The fourth-order valence-corrected chi connectivity index (χ4v) is 3.13. The number of nitro groups is 2. The molecule has 0 amide bonds. The summed E-state index contributed by atoms with van der Waals surface area (Å²) in [6.45, 7) is 2.00. The Hall–Kier alpha value is -4.33. The highest BCUT2D eigenvalue weighted by molar-refractivity contribution is 5.81. The Morgan fingerprint density at radius 3 is 1.67 bits per heavy atom. The van der Waals surface area contributed by atoms with Crippen LogP contribution in [0.2, 0.25) is 0 Å². The summed E-state index contributed by atoms with van der Waals surface area (Å²) in [5.41, 5.74) is 4.69. The van der Waals surface area contributed by atoms with Gasteiger partial charge in [-0.2, -0.15) is 0 Å². The number of hydrogen-bond donors (Lipinski definition) is 1. The number of aryl methyl sites for hydroxylation is 1. The Bertz CT molecular complexity index is 1150. The predicted octanol–water partition coefficient (Wildman–Crippen LogP) is 5.54. The molecule has 0 radical (unpaired) electrons. The first-order chi connectivity index (χ1) is 14.4. The molecular weight excluding hydrogens is 384 g/mol. The van der Waals surface area contributed by atoms with Crippen LogP contribution in [-0.4, -0.2) is 19.8 Å². The van der Waals surface area contributed by atoms with E-state index in [-0.39, 0.29) is 11.4 Å². The fourth-order valence-electron chi connectivity index (χ4n) is 3.13. The molecule has 148 valence electrons. The third-order valence-corrected chi connectivity index (χ3v) is 4.75. The monoisotopic (exact) mass is 400 g/mol. The first-order valence-electron chi connectivity index (χ1n) is 9.09. The Balaban J connectivity index is 1.84. The summed E-state index contributed by atoms with van der Waals surface area (Å²) < 4.78 is 0. The summed E-state index contributed by atoms with van der Waals surface area (Å²) >= 11 is 0. The molecule has 0 aliphatic heterocycles. The number of nitrogens with one attached hydrogen (secondary N) is 1. The minimum atomic E-state index is -0.455. The van der Waals surface area contributed by atoms with E-state index in [9.17, 15) is 20.2 Å². The van der Waals surface area contributed by atoms with Crippen LogP contribution in [0.25, 0.3) is 33.9 Å². The van der Waals surface area contributed by atoms with Crippen LogP contribution in [0.4, 0.5) is 11.4 Å². The van der Waals surface area contributed by atoms with Crippen molar-refractivity contribution in [1.29, 1.82) is 0 Å². The second-order valence-corrected chi connectivity index (χ2v) is 6.78. The van der Waals surface area contributed by atoms with E-state index in [2.05, 4.69) is 4.98 Å². The van der Waals surface area contributed by atoms with Gasteiger partial charge < -0.3 is 4.98 Å². The van der Waals surface area contributed by atoms with Gasteiger partial charge in [0.1, 0.15) is 5.82 Å². The molecule has 0 aliphatic carbocycles. The number of nitro benzene ring substituents is 2. The average molecular weight is 400 g/mol. The first-order valence-corrected chi connectivity index (χ1v) is 9.09. The molecule has 0 bridgehead atoms. The third-order valence-electron chi connectivity index (χ3n) is 4.75. The van der Waals surface area contributed by atoms with E-state index in [1.54, 1.807) is 24.3 Å². The van der Waals surface area contributed by atoms with Crippen molar-refractivity contribution < 1.29 is 9.85 Å². The lowest BCUT2D eigenvalue weighted by atomic mass is 10.0. The van der Waals surface area contributed by atoms with Crippen LogP contribution in [0.5, 0.6) is 0 Å². The highest BCUT2D eigenvalue weighted by Crippen LogP contribution is 2.34. The summed E-state index contributed by atoms with van der Waals surface area (Å²) in [6, 6.07) is 20.2. The molecule has 0 aliphatic rings. The molecule has 4 aromatic rings. The molecule has 1 heterocycles. The number of imidazole rings is 1. The van der Waals surface area contributed by atoms with Crippen LogP contribution in [-0.2, 0) is 0 Å². The smallest absolute Gasteiger partial charge is 0.269 e. The zero-order valence-corrected chi connectivity index (χ0v) is 15.9. The summed E-state index contributed by atoms with van der Waals surface area (Å²) in [5, 5.41) is 21.9. The van der Waals surface area contributed by atoms with Gasteiger partial charge in [-0.25, -0.2) is 4.98 Å². The average Bonchev–Trinajstić information content (AvgIpc) is 3.20. The van der Waals surface area contributed by atoms with Gasteiger partial charge in [0.25, 0.3) is 11.4 Å². The van der Waals surface area contributed by atoms with Gasteiger partial charge in [0, 0.05) is 41.0 Å². The molecule has 0 atom stereocenters. The van der Waals surface area contributed by atoms with Gasteiger partial charge in [-0.1, -0.05) is 29.8 Å². The van der Waals surface area contributed by atoms with E-state index in [0.717, 1.165) is 16.7 Å². The van der Waals surface area contributed by atoms with Crippen LogP contribution in [0, 0.1) is 27.2 Å². The number of H-pyrrole nitrogens is 1. The third kappa shape index (κ3) is 3.66. The van der Waals surface area contributed by atoms with Crippen LogP contribution in [0.15, 0.2) is 72.8 Å². The first kappa shape index (κ1) is 19.0. The van der Waals surface area contributed by atoms with Gasteiger partial charge in [0.2, 0.25) is 0 Å². The minimum absolute atomic E-state index is 0.00564. The number of non-ortho nitro benzene ring substituents is 2. The number of nitrogens with zero attached hydrogens (tertiary/aromatic N) is 3. The minimum Gasteiger partial charge on any atom is -0.337 e. The van der Waals surface area contributed by atoms with E-state index >= 15 is 0 Å². The van der Waals surface area contributed by atoms with Gasteiger partial charge in [-0.15, -0.1) is 0 Å². The van der Waals surface area contributed by atoms with Crippen LogP contribution < -0.4 is 0 Å².